The third kappa shape index (κ3) is 3.78. The minimum absolute atomic E-state index is 0.0158. The number of nitrogens with zero attached hydrogens (tertiary/aromatic N) is 3. The zero-order chi connectivity index (χ0) is 19.8. The van der Waals surface area contributed by atoms with E-state index in [1.54, 1.807) is 0 Å². The standard InChI is InChI=1S/C17H11F5N4O/c1-9-4-11(13(19)6-12(9)18)16(27)25-14-5-10(17(20,21)22)2-3-15(14)26-8-23-7-24-26/h2-8H,1H3,(H,25,27). The number of benzene rings is 2. The van der Waals surface area contributed by atoms with Gasteiger partial charge in [0.15, 0.2) is 0 Å². The number of hydrogen-bond acceptors (Lipinski definition) is 3. The van der Waals surface area contributed by atoms with Crippen LogP contribution in [0.1, 0.15) is 21.5 Å². The molecule has 0 spiro atoms. The summed E-state index contributed by atoms with van der Waals surface area (Å²) >= 11 is 0. The second kappa shape index (κ2) is 6.78. The highest BCUT2D eigenvalue weighted by atomic mass is 19.4. The summed E-state index contributed by atoms with van der Waals surface area (Å²) in [5.41, 5.74) is -1.68. The Labute approximate surface area is 149 Å². The normalized spacial score (nSPS) is 11.5. The van der Waals surface area contributed by atoms with Crippen molar-refractivity contribution in [1.29, 1.82) is 0 Å². The van der Waals surface area contributed by atoms with Crippen LogP contribution < -0.4 is 5.32 Å². The Morgan fingerprint density at radius 2 is 1.85 bits per heavy atom. The van der Waals surface area contributed by atoms with Gasteiger partial charge in [-0.15, -0.1) is 0 Å². The zero-order valence-corrected chi connectivity index (χ0v) is 13.7. The minimum Gasteiger partial charge on any atom is -0.320 e. The van der Waals surface area contributed by atoms with Crippen LogP contribution in [-0.2, 0) is 6.18 Å². The van der Waals surface area contributed by atoms with Gasteiger partial charge in [0.05, 0.1) is 22.5 Å². The second-order valence-electron chi connectivity index (χ2n) is 5.61. The molecular weight excluding hydrogens is 371 g/mol. The first-order chi connectivity index (χ1) is 12.7. The summed E-state index contributed by atoms with van der Waals surface area (Å²) in [6.45, 7) is 1.33. The molecule has 5 nitrogen and oxygen atoms in total. The van der Waals surface area contributed by atoms with Crippen LogP contribution in [0.15, 0.2) is 43.0 Å². The molecule has 1 heterocycles. The molecule has 2 aromatic carbocycles. The van der Waals surface area contributed by atoms with Crippen molar-refractivity contribution < 1.29 is 26.7 Å². The SMILES string of the molecule is Cc1cc(C(=O)Nc2cc(C(F)(F)F)ccc2-n2cncn2)c(F)cc1F. The highest BCUT2D eigenvalue weighted by Crippen LogP contribution is 2.33. The molecule has 0 saturated heterocycles. The summed E-state index contributed by atoms with van der Waals surface area (Å²) in [4.78, 5) is 16.1. The first-order valence-corrected chi connectivity index (χ1v) is 7.50. The van der Waals surface area contributed by atoms with E-state index in [1.165, 1.54) is 13.3 Å². The van der Waals surface area contributed by atoms with Crippen molar-refractivity contribution in [2.75, 3.05) is 5.32 Å². The number of aryl methyl sites for hydroxylation is 1. The largest absolute Gasteiger partial charge is 0.416 e. The van der Waals surface area contributed by atoms with Crippen LogP contribution in [0.2, 0.25) is 0 Å². The lowest BCUT2D eigenvalue weighted by Gasteiger charge is -2.15. The van der Waals surface area contributed by atoms with E-state index in [-0.39, 0.29) is 16.9 Å². The van der Waals surface area contributed by atoms with E-state index in [0.29, 0.717) is 12.1 Å². The van der Waals surface area contributed by atoms with Gasteiger partial charge in [-0.05, 0) is 36.8 Å². The summed E-state index contributed by atoms with van der Waals surface area (Å²) in [5, 5.41) is 6.04. The molecule has 0 radical (unpaired) electrons. The van der Waals surface area contributed by atoms with E-state index in [4.69, 9.17) is 0 Å². The van der Waals surface area contributed by atoms with Gasteiger partial charge in [0.25, 0.3) is 5.91 Å². The highest BCUT2D eigenvalue weighted by molar-refractivity contribution is 6.05. The number of rotatable bonds is 3. The molecule has 0 aliphatic rings. The lowest BCUT2D eigenvalue weighted by atomic mass is 10.1. The Kier molecular flexibility index (Phi) is 4.64. The summed E-state index contributed by atoms with van der Waals surface area (Å²) in [6, 6.07) is 4.12. The Morgan fingerprint density at radius 1 is 1.11 bits per heavy atom. The Balaban J connectivity index is 2.04. The average Bonchev–Trinajstić information content (AvgIpc) is 3.11. The van der Waals surface area contributed by atoms with Crippen molar-refractivity contribution in [3.05, 3.63) is 71.3 Å². The van der Waals surface area contributed by atoms with Crippen molar-refractivity contribution in [3.8, 4) is 5.69 Å². The second-order valence-corrected chi connectivity index (χ2v) is 5.61. The molecule has 0 bridgehead atoms. The maximum atomic E-state index is 13.9. The number of hydrogen-bond donors (Lipinski definition) is 1. The van der Waals surface area contributed by atoms with Gasteiger partial charge in [-0.1, -0.05) is 0 Å². The summed E-state index contributed by atoms with van der Waals surface area (Å²) in [6.07, 6.45) is -2.27. The number of alkyl halides is 3. The molecule has 1 aromatic heterocycles. The predicted molar refractivity (Wildman–Crippen MR) is 85.4 cm³/mol. The molecular formula is C17H11F5N4O. The number of carbonyl (C=O) groups is 1. The molecule has 1 amide bonds. The fraction of sp³-hybridized carbons (Fsp3) is 0.118. The number of nitrogens with one attached hydrogen (secondary N) is 1. The maximum absolute atomic E-state index is 13.9. The number of halogens is 5. The first-order valence-electron chi connectivity index (χ1n) is 7.50. The van der Waals surface area contributed by atoms with Crippen LogP contribution in [0.5, 0.6) is 0 Å². The molecule has 0 aliphatic heterocycles. The fourth-order valence-electron chi connectivity index (χ4n) is 2.37. The van der Waals surface area contributed by atoms with Crippen LogP contribution in [0.3, 0.4) is 0 Å². The van der Waals surface area contributed by atoms with Crippen molar-refractivity contribution in [2.45, 2.75) is 13.1 Å². The Morgan fingerprint density at radius 3 is 2.48 bits per heavy atom. The van der Waals surface area contributed by atoms with Crippen molar-refractivity contribution in [1.82, 2.24) is 14.8 Å². The average molecular weight is 382 g/mol. The van der Waals surface area contributed by atoms with E-state index in [9.17, 15) is 26.7 Å². The van der Waals surface area contributed by atoms with E-state index < -0.39 is 34.8 Å². The molecule has 0 unspecified atom stereocenters. The van der Waals surface area contributed by atoms with Crippen LogP contribution in [0, 0.1) is 18.6 Å². The van der Waals surface area contributed by atoms with Crippen molar-refractivity contribution in [2.24, 2.45) is 0 Å². The maximum Gasteiger partial charge on any atom is 0.416 e. The number of aromatic nitrogens is 3. The monoisotopic (exact) mass is 382 g/mol. The van der Waals surface area contributed by atoms with Gasteiger partial charge in [-0.3, -0.25) is 4.79 Å². The lowest BCUT2D eigenvalue weighted by molar-refractivity contribution is -0.137. The van der Waals surface area contributed by atoms with E-state index >= 15 is 0 Å². The van der Waals surface area contributed by atoms with Gasteiger partial charge in [-0.2, -0.15) is 18.3 Å². The molecule has 3 aromatic rings. The van der Waals surface area contributed by atoms with Gasteiger partial charge in [0.1, 0.15) is 24.3 Å². The predicted octanol–water partition coefficient (Wildman–Crippen LogP) is 4.13. The van der Waals surface area contributed by atoms with E-state index in [2.05, 4.69) is 15.4 Å². The van der Waals surface area contributed by atoms with Crippen molar-refractivity contribution >= 4 is 11.6 Å². The molecule has 0 saturated carbocycles. The third-order valence-electron chi connectivity index (χ3n) is 3.73. The smallest absolute Gasteiger partial charge is 0.320 e. The molecule has 27 heavy (non-hydrogen) atoms. The minimum atomic E-state index is -4.65. The molecule has 1 N–H and O–H groups in total. The van der Waals surface area contributed by atoms with Crippen LogP contribution >= 0.6 is 0 Å². The lowest BCUT2D eigenvalue weighted by Crippen LogP contribution is -2.17. The van der Waals surface area contributed by atoms with Crippen LogP contribution in [-0.4, -0.2) is 20.7 Å². The molecule has 0 fully saturated rings. The molecule has 0 atom stereocenters. The van der Waals surface area contributed by atoms with E-state index in [0.717, 1.165) is 29.2 Å². The zero-order valence-electron chi connectivity index (χ0n) is 13.7. The van der Waals surface area contributed by atoms with Gasteiger partial charge in [-0.25, -0.2) is 18.4 Å². The topological polar surface area (TPSA) is 59.8 Å². The van der Waals surface area contributed by atoms with Crippen molar-refractivity contribution in [3.63, 3.8) is 0 Å². The third-order valence-corrected chi connectivity index (χ3v) is 3.73. The fourth-order valence-corrected chi connectivity index (χ4v) is 2.37. The quantitative estimate of drug-likeness (QED) is 0.693. The summed E-state index contributed by atoms with van der Waals surface area (Å²) < 4.78 is 67.5. The van der Waals surface area contributed by atoms with Crippen LogP contribution in [0.25, 0.3) is 5.69 Å². The van der Waals surface area contributed by atoms with E-state index in [1.807, 2.05) is 0 Å². The summed E-state index contributed by atoms with van der Waals surface area (Å²) in [7, 11) is 0. The van der Waals surface area contributed by atoms with Gasteiger partial charge < -0.3 is 5.32 Å². The summed E-state index contributed by atoms with van der Waals surface area (Å²) in [5.74, 6) is -3.01. The number of amides is 1. The van der Waals surface area contributed by atoms with Gasteiger partial charge in [0.2, 0.25) is 0 Å². The first kappa shape index (κ1) is 18.5. The molecule has 3 rings (SSSR count). The van der Waals surface area contributed by atoms with Gasteiger partial charge >= 0.3 is 6.18 Å². The molecule has 140 valence electrons. The Bertz CT molecular complexity index is 999. The van der Waals surface area contributed by atoms with Crippen LogP contribution in [0.4, 0.5) is 27.6 Å². The number of anilines is 1. The number of carbonyl (C=O) groups excluding carboxylic acids is 1. The molecule has 10 heteroatoms. The Hall–Kier alpha value is -3.30. The highest BCUT2D eigenvalue weighted by Gasteiger charge is 2.31. The molecule has 0 aliphatic carbocycles. The van der Waals surface area contributed by atoms with Gasteiger partial charge in [0, 0.05) is 6.07 Å².